The first kappa shape index (κ1) is 105. The van der Waals surface area contributed by atoms with Crippen molar-refractivity contribution in [3.8, 4) is 11.5 Å². The molecular formula is C105H127BrCl5F3O3. The largest absolute Gasteiger partial charge is 0.454 e. The number of hydrogen-bond acceptors (Lipinski definition) is 3. The Bertz CT molecular complexity index is 4370. The standard InChI is InChI=1S/C12H18.C9H9F3.C9H10O2.C9H12O.2C9H12.C8H9Br.C8H8Cl2.3C8H9Cl.C8H10/c1-5-10-6-8-11(9-7-10)12(2,3)4;1-2-7-5-3-4-6-8(7)9(10,11)12;1-2-7-3-4-8-9(5-7)11-6-10-8;1-2-8-3-5-9(7-10)6-4-8;1-3-9-6-4-8(2)5-7-9;1-3-9-6-4-5-8(2)7-9;1-2-7-3-5-8(9)6-4-7;1-2-6-3-4-7(9)5-8(6)10;1-2-7-3-5-8(9)6-4-7;1-2-7-4-3-5-8(9)6-7;1-2-7-5-3-4-6-8(7)9;1-2-8-6-4-3-5-7-8/h6-9H,5H2,1-4H3;3-6H,2H2,1H3;3-5H,2,6H2,1H3;3-6,10H,2,7H2,1H3;2*4-7H,3H2,1-2H3;3-6H,2H2,1H3;3-5H,2H2,1H3;3*3-6H,2H2,1H3;3-7H,2H2,1H3. The van der Waals surface area contributed by atoms with Crippen LogP contribution in [0.1, 0.15) is 198 Å². The number of alkyl halides is 3. The van der Waals surface area contributed by atoms with E-state index in [2.05, 4.69) is 260 Å². The molecule has 0 amide bonds. The lowest BCUT2D eigenvalue weighted by Gasteiger charge is -2.18. The molecule has 12 heteroatoms. The normalized spacial score (nSPS) is 10.4. The number of aliphatic hydroxyl groups excluding tert-OH is 1. The van der Waals surface area contributed by atoms with Gasteiger partial charge in [0, 0.05) is 29.6 Å². The molecule has 12 aromatic rings. The van der Waals surface area contributed by atoms with Crippen molar-refractivity contribution < 1.29 is 27.8 Å². The lowest BCUT2D eigenvalue weighted by atomic mass is 9.86. The molecule has 0 saturated heterocycles. The molecule has 0 unspecified atom stereocenters. The third-order valence-corrected chi connectivity index (χ3v) is 20.3. The third kappa shape index (κ3) is 46.2. The highest BCUT2D eigenvalue weighted by atomic mass is 79.9. The quantitative estimate of drug-likeness (QED) is 0.125. The van der Waals surface area contributed by atoms with Gasteiger partial charge in [0.2, 0.25) is 6.79 Å². The summed E-state index contributed by atoms with van der Waals surface area (Å²) in [7, 11) is 0. The fourth-order valence-corrected chi connectivity index (χ4v) is 12.1. The Morgan fingerprint density at radius 2 is 0.675 bits per heavy atom. The maximum Gasteiger partial charge on any atom is 0.416 e. The van der Waals surface area contributed by atoms with E-state index in [0.29, 0.717) is 23.8 Å². The Hall–Kier alpha value is -8.08. The predicted molar refractivity (Wildman–Crippen MR) is 508 cm³/mol. The summed E-state index contributed by atoms with van der Waals surface area (Å²) in [5.74, 6) is 1.74. The topological polar surface area (TPSA) is 38.7 Å². The lowest BCUT2D eigenvalue weighted by molar-refractivity contribution is -0.138. The number of aryl methyl sites for hydroxylation is 14. The number of hydrogen-bond donors (Lipinski definition) is 1. The van der Waals surface area contributed by atoms with Crippen LogP contribution in [0.5, 0.6) is 11.5 Å². The second-order valence-corrected chi connectivity index (χ2v) is 31.2. The van der Waals surface area contributed by atoms with Gasteiger partial charge in [0.15, 0.2) is 11.5 Å². The zero-order valence-corrected chi connectivity index (χ0v) is 77.6. The molecule has 0 radical (unpaired) electrons. The van der Waals surface area contributed by atoms with Gasteiger partial charge in [0.05, 0.1) is 12.2 Å². The Kier molecular flexibility index (Phi) is 55.0. The number of rotatable bonds is 13. The summed E-state index contributed by atoms with van der Waals surface area (Å²) in [5, 5.41) is 12.7. The molecule has 1 N–H and O–H groups in total. The van der Waals surface area contributed by atoms with Gasteiger partial charge in [-0.1, -0.05) is 401 Å². The van der Waals surface area contributed by atoms with Gasteiger partial charge in [-0.05, 0) is 247 Å². The predicted octanol–water partition coefficient (Wildman–Crippen LogP) is 33.2. The molecular weight excluding hydrogens is 1620 g/mol. The van der Waals surface area contributed by atoms with Crippen molar-refractivity contribution in [2.45, 2.75) is 213 Å². The van der Waals surface area contributed by atoms with Crippen LogP contribution in [0.25, 0.3) is 0 Å². The van der Waals surface area contributed by atoms with E-state index in [9.17, 15) is 13.2 Å². The summed E-state index contributed by atoms with van der Waals surface area (Å²) in [6.45, 7) is 36.7. The van der Waals surface area contributed by atoms with Crippen molar-refractivity contribution in [2.24, 2.45) is 0 Å². The molecule has 1 heterocycles. The maximum absolute atomic E-state index is 12.2. The Morgan fingerprint density at radius 1 is 0.308 bits per heavy atom. The summed E-state index contributed by atoms with van der Waals surface area (Å²) in [6, 6.07) is 94.1. The number of fused-ring (bicyclic) bond motifs is 1. The van der Waals surface area contributed by atoms with Crippen molar-refractivity contribution in [3.63, 3.8) is 0 Å². The number of aliphatic hydroxyl groups is 1. The molecule has 0 atom stereocenters. The van der Waals surface area contributed by atoms with Crippen molar-refractivity contribution in [2.75, 3.05) is 6.79 Å². The molecule has 0 bridgehead atoms. The lowest BCUT2D eigenvalue weighted by Crippen LogP contribution is -2.10. The summed E-state index contributed by atoms with van der Waals surface area (Å²) < 4.78 is 48.3. The Labute approximate surface area is 736 Å². The molecule has 1 aliphatic rings. The summed E-state index contributed by atoms with van der Waals surface area (Å²) >= 11 is 32.1. The second-order valence-electron chi connectivity index (χ2n) is 28.2. The average Bonchev–Trinajstić information content (AvgIpc) is 1.77. The van der Waals surface area contributed by atoms with Gasteiger partial charge in [-0.25, -0.2) is 0 Å². The van der Waals surface area contributed by atoms with E-state index in [0.717, 1.165) is 124 Å². The van der Waals surface area contributed by atoms with E-state index in [1.165, 1.54) is 84.5 Å². The van der Waals surface area contributed by atoms with E-state index in [4.69, 9.17) is 72.6 Å². The second kappa shape index (κ2) is 61.3. The van der Waals surface area contributed by atoms with E-state index >= 15 is 0 Å². The molecule has 1 aliphatic heterocycles. The summed E-state index contributed by atoms with van der Waals surface area (Å²) in [5.41, 5.74) is 19.9. The average molecular weight is 1750 g/mol. The van der Waals surface area contributed by atoms with Gasteiger partial charge in [-0.2, -0.15) is 13.2 Å². The minimum Gasteiger partial charge on any atom is -0.454 e. The number of ether oxygens (including phenoxy) is 2. The van der Waals surface area contributed by atoms with Crippen LogP contribution in [0.15, 0.2) is 290 Å². The molecule has 0 aromatic heterocycles. The van der Waals surface area contributed by atoms with Gasteiger partial charge in [0.1, 0.15) is 0 Å². The van der Waals surface area contributed by atoms with Crippen LogP contribution in [0, 0.1) is 13.8 Å². The fourth-order valence-electron chi connectivity index (χ4n) is 10.6. The highest BCUT2D eigenvalue weighted by Crippen LogP contribution is 2.34. The van der Waals surface area contributed by atoms with Crippen LogP contribution < -0.4 is 9.47 Å². The van der Waals surface area contributed by atoms with Crippen molar-refractivity contribution in [1.29, 1.82) is 0 Å². The highest BCUT2D eigenvalue weighted by molar-refractivity contribution is 9.10. The zero-order chi connectivity index (χ0) is 87.0. The van der Waals surface area contributed by atoms with Crippen molar-refractivity contribution in [3.05, 3.63) is 409 Å². The monoisotopic (exact) mass is 1750 g/mol. The SMILES string of the molecule is CCc1ccc(Br)cc1.CCc1ccc(C(C)(C)C)cc1.CCc1ccc(C)cc1.CCc1ccc(CO)cc1.CCc1ccc(Cl)cc1.CCc1ccc(Cl)cc1Cl.CCc1ccc2c(c1)OCO2.CCc1cccc(C)c1.CCc1cccc(Cl)c1.CCc1ccccc1.CCc1ccccc1C(F)(F)F.CCc1ccccc1Cl. The molecule has 628 valence electrons. The third-order valence-electron chi connectivity index (χ3n) is 18.3. The molecule has 13 rings (SSSR count). The van der Waals surface area contributed by atoms with E-state index in [1.807, 2.05) is 121 Å². The van der Waals surface area contributed by atoms with Crippen molar-refractivity contribution in [1.82, 2.24) is 0 Å². The molecule has 0 aliphatic carbocycles. The summed E-state index contributed by atoms with van der Waals surface area (Å²) in [4.78, 5) is 0. The van der Waals surface area contributed by atoms with Crippen LogP contribution in [-0.4, -0.2) is 11.9 Å². The van der Waals surface area contributed by atoms with E-state index in [1.54, 1.807) is 19.1 Å². The molecule has 0 saturated carbocycles. The smallest absolute Gasteiger partial charge is 0.416 e. The van der Waals surface area contributed by atoms with E-state index in [-0.39, 0.29) is 12.0 Å². The number of benzene rings is 12. The highest BCUT2D eigenvalue weighted by Gasteiger charge is 2.32. The molecule has 0 spiro atoms. The van der Waals surface area contributed by atoms with Gasteiger partial charge >= 0.3 is 6.18 Å². The van der Waals surface area contributed by atoms with Crippen molar-refractivity contribution >= 4 is 73.9 Å². The summed E-state index contributed by atoms with van der Waals surface area (Å²) in [6.07, 6.45) is 8.07. The zero-order valence-electron chi connectivity index (χ0n) is 72.2. The van der Waals surface area contributed by atoms with Gasteiger partial charge < -0.3 is 14.6 Å². The molecule has 3 nitrogen and oxygen atoms in total. The molecule has 117 heavy (non-hydrogen) atoms. The minimum absolute atomic E-state index is 0.143. The van der Waals surface area contributed by atoms with Gasteiger partial charge in [0.25, 0.3) is 0 Å². The van der Waals surface area contributed by atoms with Crippen LogP contribution in [0.4, 0.5) is 13.2 Å². The maximum atomic E-state index is 12.2. The Balaban J connectivity index is 0.000000433. The van der Waals surface area contributed by atoms with Crippen LogP contribution in [0.2, 0.25) is 25.1 Å². The van der Waals surface area contributed by atoms with E-state index < -0.39 is 11.7 Å². The molecule has 12 aromatic carbocycles. The Morgan fingerprint density at radius 3 is 1.09 bits per heavy atom. The van der Waals surface area contributed by atoms with Crippen LogP contribution >= 0.6 is 73.9 Å². The molecule has 0 fully saturated rings. The van der Waals surface area contributed by atoms with Crippen LogP contribution in [0.3, 0.4) is 0 Å². The minimum atomic E-state index is -4.22. The first-order chi connectivity index (χ1) is 56.0. The first-order valence-electron chi connectivity index (χ1n) is 40.9. The van der Waals surface area contributed by atoms with Gasteiger partial charge in [-0.15, -0.1) is 0 Å². The van der Waals surface area contributed by atoms with Crippen LogP contribution in [-0.2, 0) is 95.2 Å². The van der Waals surface area contributed by atoms with Gasteiger partial charge in [-0.3, -0.25) is 0 Å². The fraction of sp³-hybridized carbons (Fsp3) is 0.314. The number of halogens is 9. The first-order valence-corrected chi connectivity index (χ1v) is 43.6.